The van der Waals surface area contributed by atoms with E-state index in [2.05, 4.69) is 22.3 Å². The third kappa shape index (κ3) is 2.58. The summed E-state index contributed by atoms with van der Waals surface area (Å²) in [6.45, 7) is 2.50. The molecule has 1 aromatic rings. The zero-order valence-electron chi connectivity index (χ0n) is 10.1. The summed E-state index contributed by atoms with van der Waals surface area (Å²) < 4.78 is 0. The number of nitrogens with two attached hydrogens (primary N) is 1. The molecule has 1 heterocycles. The molecular weight excluding hydrogens is 214 g/mol. The molecule has 0 bridgehead atoms. The Hall–Kier alpha value is -1.55. The quantitative estimate of drug-likeness (QED) is 0.805. The maximum absolute atomic E-state index is 11.2. The molecule has 0 spiro atoms. The smallest absolute Gasteiger partial charge is 0.222 e. The number of amides is 1. The molecule has 1 aliphatic heterocycles. The van der Waals surface area contributed by atoms with E-state index in [1.54, 1.807) is 0 Å². The van der Waals surface area contributed by atoms with E-state index in [0.29, 0.717) is 0 Å². The largest absolute Gasteiger partial charge is 0.370 e. The van der Waals surface area contributed by atoms with Crippen molar-refractivity contribution in [3.8, 4) is 0 Å². The van der Waals surface area contributed by atoms with E-state index < -0.39 is 0 Å². The molecule has 4 heteroatoms. The number of hydrogen-bond donors (Lipinski definition) is 2. The van der Waals surface area contributed by atoms with Crippen LogP contribution in [0.15, 0.2) is 24.3 Å². The monoisotopic (exact) mass is 233 g/mol. The lowest BCUT2D eigenvalue weighted by molar-refractivity contribution is -0.121. The second-order valence-corrected chi connectivity index (χ2v) is 4.49. The Kier molecular flexibility index (Phi) is 3.64. The average Bonchev–Trinajstić information content (AvgIpc) is 2.79. The van der Waals surface area contributed by atoms with Gasteiger partial charge in [0.2, 0.25) is 5.91 Å². The van der Waals surface area contributed by atoms with E-state index in [9.17, 15) is 4.79 Å². The van der Waals surface area contributed by atoms with Crippen LogP contribution in [0.5, 0.6) is 0 Å². The van der Waals surface area contributed by atoms with Crippen LogP contribution in [0.3, 0.4) is 0 Å². The number of nitrogens with zero attached hydrogens (tertiary/aromatic N) is 1. The van der Waals surface area contributed by atoms with Crippen molar-refractivity contribution >= 4 is 11.6 Å². The van der Waals surface area contributed by atoms with Crippen molar-refractivity contribution in [2.75, 3.05) is 25.0 Å². The van der Waals surface area contributed by atoms with E-state index in [4.69, 9.17) is 5.73 Å². The fourth-order valence-electron chi connectivity index (χ4n) is 2.37. The summed E-state index contributed by atoms with van der Waals surface area (Å²) in [5.41, 5.74) is 7.83. The third-order valence-electron chi connectivity index (χ3n) is 3.29. The zero-order valence-corrected chi connectivity index (χ0v) is 10.1. The summed E-state index contributed by atoms with van der Waals surface area (Å²) in [6.07, 6.45) is 0.864. The molecule has 1 aromatic carbocycles. The molecule has 92 valence electrons. The summed E-state index contributed by atoms with van der Waals surface area (Å²) in [5.74, 6) is -0.184. The summed E-state index contributed by atoms with van der Waals surface area (Å²) in [6, 6.07) is 8.30. The van der Waals surface area contributed by atoms with Crippen LogP contribution in [-0.4, -0.2) is 26.0 Å². The Balaban J connectivity index is 2.15. The van der Waals surface area contributed by atoms with Crippen LogP contribution in [0.2, 0.25) is 0 Å². The van der Waals surface area contributed by atoms with Crippen LogP contribution < -0.4 is 16.0 Å². The highest BCUT2D eigenvalue weighted by Gasteiger charge is 2.27. The lowest BCUT2D eigenvalue weighted by Crippen LogP contribution is -2.28. The van der Waals surface area contributed by atoms with Gasteiger partial charge >= 0.3 is 0 Å². The van der Waals surface area contributed by atoms with E-state index in [0.717, 1.165) is 26.1 Å². The molecule has 1 unspecified atom stereocenters. The minimum absolute atomic E-state index is 0.00218. The van der Waals surface area contributed by atoms with Crippen molar-refractivity contribution < 1.29 is 4.79 Å². The summed E-state index contributed by atoms with van der Waals surface area (Å²) in [7, 11) is 1.94. The fourth-order valence-corrected chi connectivity index (χ4v) is 2.37. The Morgan fingerprint density at radius 2 is 2.29 bits per heavy atom. The first-order valence-corrected chi connectivity index (χ1v) is 5.99. The van der Waals surface area contributed by atoms with Gasteiger partial charge in [-0.1, -0.05) is 18.2 Å². The number of nitrogens with one attached hydrogen (secondary N) is 1. The molecule has 17 heavy (non-hydrogen) atoms. The van der Waals surface area contributed by atoms with Gasteiger partial charge < -0.3 is 16.0 Å². The van der Waals surface area contributed by atoms with E-state index in [1.165, 1.54) is 11.3 Å². The van der Waals surface area contributed by atoms with Gasteiger partial charge in [0, 0.05) is 25.3 Å². The standard InChI is InChI=1S/C13H19N3O/c1-15-8-10-4-2-3-5-12(10)16-7-6-11(9-16)13(14)17/h2-5,11,15H,6-9H2,1H3,(H2,14,17). The van der Waals surface area contributed by atoms with Crippen molar-refractivity contribution in [2.24, 2.45) is 11.7 Å². The molecule has 2 rings (SSSR count). The molecule has 4 nitrogen and oxygen atoms in total. The van der Waals surface area contributed by atoms with Crippen LogP contribution in [0.25, 0.3) is 0 Å². The van der Waals surface area contributed by atoms with Crippen LogP contribution in [0.1, 0.15) is 12.0 Å². The number of para-hydroxylation sites is 1. The van der Waals surface area contributed by atoms with Gasteiger partial charge in [0.25, 0.3) is 0 Å². The highest BCUT2D eigenvalue weighted by molar-refractivity contribution is 5.78. The van der Waals surface area contributed by atoms with Crippen molar-refractivity contribution in [1.29, 1.82) is 0 Å². The van der Waals surface area contributed by atoms with E-state index >= 15 is 0 Å². The lowest BCUT2D eigenvalue weighted by Gasteiger charge is -2.21. The van der Waals surface area contributed by atoms with Gasteiger partial charge in [-0.15, -0.1) is 0 Å². The lowest BCUT2D eigenvalue weighted by atomic mass is 10.1. The number of carbonyl (C=O) groups is 1. The van der Waals surface area contributed by atoms with Crippen molar-refractivity contribution in [1.82, 2.24) is 5.32 Å². The topological polar surface area (TPSA) is 58.4 Å². The Morgan fingerprint density at radius 1 is 1.53 bits per heavy atom. The van der Waals surface area contributed by atoms with Crippen LogP contribution in [-0.2, 0) is 11.3 Å². The van der Waals surface area contributed by atoms with Crippen LogP contribution in [0.4, 0.5) is 5.69 Å². The molecule has 0 radical (unpaired) electrons. The summed E-state index contributed by atoms with van der Waals surface area (Å²) >= 11 is 0. The maximum Gasteiger partial charge on any atom is 0.222 e. The SMILES string of the molecule is CNCc1ccccc1N1CCC(C(N)=O)C1. The molecule has 1 amide bonds. The van der Waals surface area contributed by atoms with Gasteiger partial charge in [-0.3, -0.25) is 4.79 Å². The molecule has 1 atom stereocenters. The Morgan fingerprint density at radius 3 is 2.94 bits per heavy atom. The zero-order chi connectivity index (χ0) is 12.3. The Bertz CT molecular complexity index is 405. The average molecular weight is 233 g/mol. The van der Waals surface area contributed by atoms with Crippen LogP contribution in [0, 0.1) is 5.92 Å². The van der Waals surface area contributed by atoms with Crippen molar-refractivity contribution in [3.05, 3.63) is 29.8 Å². The van der Waals surface area contributed by atoms with Gasteiger partial charge in [-0.2, -0.15) is 0 Å². The molecular formula is C13H19N3O. The number of anilines is 1. The number of rotatable bonds is 4. The van der Waals surface area contributed by atoms with Gasteiger partial charge in [0.15, 0.2) is 0 Å². The maximum atomic E-state index is 11.2. The summed E-state index contributed by atoms with van der Waals surface area (Å²) in [5, 5.41) is 3.16. The normalized spacial score (nSPS) is 19.6. The first-order valence-electron chi connectivity index (χ1n) is 5.99. The molecule has 3 N–H and O–H groups in total. The third-order valence-corrected chi connectivity index (χ3v) is 3.29. The van der Waals surface area contributed by atoms with Gasteiger partial charge in [0.05, 0.1) is 5.92 Å². The minimum atomic E-state index is -0.182. The second kappa shape index (κ2) is 5.19. The predicted molar refractivity (Wildman–Crippen MR) is 68.7 cm³/mol. The molecule has 1 fully saturated rings. The Labute approximate surface area is 102 Å². The van der Waals surface area contributed by atoms with E-state index in [-0.39, 0.29) is 11.8 Å². The summed E-state index contributed by atoms with van der Waals surface area (Å²) in [4.78, 5) is 13.4. The van der Waals surface area contributed by atoms with Crippen molar-refractivity contribution in [3.63, 3.8) is 0 Å². The molecule has 0 aliphatic carbocycles. The number of hydrogen-bond acceptors (Lipinski definition) is 3. The highest BCUT2D eigenvalue weighted by atomic mass is 16.1. The molecule has 1 saturated heterocycles. The number of primary amides is 1. The number of benzene rings is 1. The molecule has 1 aliphatic rings. The first kappa shape index (κ1) is 11.9. The molecule has 0 saturated carbocycles. The van der Waals surface area contributed by atoms with Crippen LogP contribution >= 0.6 is 0 Å². The minimum Gasteiger partial charge on any atom is -0.370 e. The van der Waals surface area contributed by atoms with Crippen molar-refractivity contribution in [2.45, 2.75) is 13.0 Å². The highest BCUT2D eigenvalue weighted by Crippen LogP contribution is 2.26. The predicted octanol–water partition coefficient (Wildman–Crippen LogP) is 0.718. The number of carbonyl (C=O) groups excluding carboxylic acids is 1. The van der Waals surface area contributed by atoms with Gasteiger partial charge in [0.1, 0.15) is 0 Å². The van der Waals surface area contributed by atoms with E-state index in [1.807, 2.05) is 19.2 Å². The first-order chi connectivity index (χ1) is 8.22. The fraction of sp³-hybridized carbons (Fsp3) is 0.462. The van der Waals surface area contributed by atoms with Gasteiger partial charge in [-0.05, 0) is 25.1 Å². The second-order valence-electron chi connectivity index (χ2n) is 4.49. The van der Waals surface area contributed by atoms with Gasteiger partial charge in [-0.25, -0.2) is 0 Å². The molecule has 0 aromatic heterocycles.